The fourth-order valence-corrected chi connectivity index (χ4v) is 1.39. The average molecular weight is 248 g/mol. The van der Waals surface area contributed by atoms with E-state index >= 15 is 0 Å². The zero-order valence-corrected chi connectivity index (χ0v) is 8.31. The normalized spacial score (nSPS) is 12.6. The summed E-state index contributed by atoms with van der Waals surface area (Å²) in [5, 5.41) is 0. The van der Waals surface area contributed by atoms with Gasteiger partial charge in [-0.2, -0.15) is 0 Å². The smallest absolute Gasteiger partial charge is 0.132 e. The summed E-state index contributed by atoms with van der Waals surface area (Å²) in [7, 11) is 0. The third-order valence-electron chi connectivity index (χ3n) is 1.63. The first kappa shape index (κ1) is 10.3. The molecule has 1 nitrogen and oxygen atoms in total. The molecule has 0 bridgehead atoms. The number of rotatable bonds is 2. The molecule has 0 aliphatic carbocycles. The first-order valence-electron chi connectivity index (χ1n) is 3.59. The van der Waals surface area contributed by atoms with Crippen molar-refractivity contribution in [3.05, 3.63) is 46.5 Å². The summed E-state index contributed by atoms with van der Waals surface area (Å²) in [5.41, 5.74) is 5.28. The van der Waals surface area contributed by atoms with E-state index in [0.29, 0.717) is 4.47 Å². The molecule has 0 saturated heterocycles. The second kappa shape index (κ2) is 3.98. The van der Waals surface area contributed by atoms with Crippen molar-refractivity contribution in [3.63, 3.8) is 0 Å². The average Bonchev–Trinajstić information content (AvgIpc) is 2.02. The van der Waals surface area contributed by atoms with Gasteiger partial charge in [-0.25, -0.2) is 8.78 Å². The summed E-state index contributed by atoms with van der Waals surface area (Å²) in [6.07, 6.45) is 1.29. The molecule has 1 rings (SSSR count). The topological polar surface area (TPSA) is 26.0 Å². The molecule has 0 aliphatic heterocycles. The summed E-state index contributed by atoms with van der Waals surface area (Å²) >= 11 is 2.97. The van der Waals surface area contributed by atoms with Crippen molar-refractivity contribution in [3.8, 4) is 0 Å². The van der Waals surface area contributed by atoms with Gasteiger partial charge in [-0.15, -0.1) is 6.58 Å². The molecular formula is C9H8BrF2N. The van der Waals surface area contributed by atoms with Gasteiger partial charge in [-0.1, -0.05) is 22.0 Å². The van der Waals surface area contributed by atoms with Crippen LogP contribution in [0.5, 0.6) is 0 Å². The minimum absolute atomic E-state index is 0.154. The van der Waals surface area contributed by atoms with Gasteiger partial charge >= 0.3 is 0 Å². The maximum Gasteiger partial charge on any atom is 0.132 e. The highest BCUT2D eigenvalue weighted by molar-refractivity contribution is 9.10. The molecule has 2 N–H and O–H groups in total. The van der Waals surface area contributed by atoms with Crippen molar-refractivity contribution in [2.24, 2.45) is 5.73 Å². The van der Waals surface area contributed by atoms with E-state index in [1.165, 1.54) is 18.2 Å². The van der Waals surface area contributed by atoms with Crippen LogP contribution in [0, 0.1) is 11.6 Å². The Bertz CT molecular complexity index is 315. The van der Waals surface area contributed by atoms with E-state index in [0.717, 1.165) is 0 Å². The molecule has 70 valence electrons. The molecule has 0 aromatic heterocycles. The highest BCUT2D eigenvalue weighted by atomic mass is 79.9. The van der Waals surface area contributed by atoms with E-state index in [1.807, 2.05) is 0 Å². The van der Waals surface area contributed by atoms with Gasteiger partial charge in [0.15, 0.2) is 0 Å². The Labute approximate surface area is 83.4 Å². The van der Waals surface area contributed by atoms with Crippen molar-refractivity contribution < 1.29 is 8.78 Å². The highest BCUT2D eigenvalue weighted by Gasteiger charge is 2.14. The van der Waals surface area contributed by atoms with Crippen LogP contribution < -0.4 is 5.73 Å². The molecule has 0 unspecified atom stereocenters. The molecule has 0 aliphatic rings. The molecule has 0 amide bonds. The Kier molecular flexibility index (Phi) is 3.17. The van der Waals surface area contributed by atoms with Crippen molar-refractivity contribution in [2.75, 3.05) is 0 Å². The van der Waals surface area contributed by atoms with Crippen LogP contribution in [0.4, 0.5) is 8.78 Å². The van der Waals surface area contributed by atoms with E-state index in [9.17, 15) is 8.78 Å². The molecule has 13 heavy (non-hydrogen) atoms. The van der Waals surface area contributed by atoms with Crippen LogP contribution in [-0.4, -0.2) is 0 Å². The molecule has 1 aromatic carbocycles. The van der Waals surface area contributed by atoms with Crippen molar-refractivity contribution in [1.29, 1.82) is 0 Å². The molecule has 0 spiro atoms. The second-order valence-corrected chi connectivity index (χ2v) is 3.46. The SMILES string of the molecule is C=C[C@H](N)c1c(F)cc(Br)cc1F. The van der Waals surface area contributed by atoms with Crippen LogP contribution in [0.3, 0.4) is 0 Å². The minimum Gasteiger partial charge on any atom is -0.321 e. The Hall–Kier alpha value is -0.740. The number of hydrogen-bond donors (Lipinski definition) is 1. The van der Waals surface area contributed by atoms with Gasteiger partial charge in [0.1, 0.15) is 11.6 Å². The van der Waals surface area contributed by atoms with E-state index < -0.39 is 17.7 Å². The first-order valence-corrected chi connectivity index (χ1v) is 4.38. The maximum absolute atomic E-state index is 13.2. The molecule has 0 fully saturated rings. The van der Waals surface area contributed by atoms with Crippen LogP contribution in [-0.2, 0) is 0 Å². The lowest BCUT2D eigenvalue weighted by atomic mass is 10.1. The molecule has 1 aromatic rings. The lowest BCUT2D eigenvalue weighted by Gasteiger charge is -2.09. The second-order valence-electron chi connectivity index (χ2n) is 2.54. The Morgan fingerprint density at radius 1 is 1.38 bits per heavy atom. The third kappa shape index (κ3) is 2.14. The van der Waals surface area contributed by atoms with Gasteiger partial charge in [0.05, 0.1) is 6.04 Å². The summed E-state index contributed by atoms with van der Waals surface area (Å²) in [5.74, 6) is -1.33. The number of benzene rings is 1. The van der Waals surface area contributed by atoms with Crippen LogP contribution in [0.2, 0.25) is 0 Å². The van der Waals surface area contributed by atoms with Gasteiger partial charge in [0.2, 0.25) is 0 Å². The van der Waals surface area contributed by atoms with Gasteiger partial charge in [0, 0.05) is 10.0 Å². The van der Waals surface area contributed by atoms with Crippen LogP contribution in [0.15, 0.2) is 29.3 Å². The molecule has 0 heterocycles. The highest BCUT2D eigenvalue weighted by Crippen LogP contribution is 2.23. The van der Waals surface area contributed by atoms with Crippen molar-refractivity contribution in [2.45, 2.75) is 6.04 Å². The number of halogens is 3. The Morgan fingerprint density at radius 3 is 2.23 bits per heavy atom. The van der Waals surface area contributed by atoms with Crippen molar-refractivity contribution >= 4 is 15.9 Å². The predicted molar refractivity (Wildman–Crippen MR) is 51.2 cm³/mol. The monoisotopic (exact) mass is 247 g/mol. The maximum atomic E-state index is 13.2. The summed E-state index contributed by atoms with van der Waals surface area (Å²) in [4.78, 5) is 0. The van der Waals surface area contributed by atoms with Crippen LogP contribution in [0.1, 0.15) is 11.6 Å². The zero-order chi connectivity index (χ0) is 10.0. The molecule has 0 saturated carbocycles. The predicted octanol–water partition coefficient (Wildman–Crippen LogP) is 2.91. The lowest BCUT2D eigenvalue weighted by molar-refractivity contribution is 0.545. The van der Waals surface area contributed by atoms with E-state index in [2.05, 4.69) is 22.5 Å². The van der Waals surface area contributed by atoms with Gasteiger partial charge in [0.25, 0.3) is 0 Å². The lowest BCUT2D eigenvalue weighted by Crippen LogP contribution is -2.11. The van der Waals surface area contributed by atoms with Crippen molar-refractivity contribution in [1.82, 2.24) is 0 Å². The van der Waals surface area contributed by atoms with E-state index in [-0.39, 0.29) is 5.56 Å². The number of nitrogens with two attached hydrogens (primary N) is 1. The molecule has 0 radical (unpaired) electrons. The third-order valence-corrected chi connectivity index (χ3v) is 2.09. The Balaban J connectivity index is 3.28. The van der Waals surface area contributed by atoms with E-state index in [1.54, 1.807) is 0 Å². The molecule has 1 atom stereocenters. The summed E-state index contributed by atoms with van der Waals surface area (Å²) in [6, 6.07) is 1.52. The fraction of sp³-hybridized carbons (Fsp3) is 0.111. The molecular weight excluding hydrogens is 240 g/mol. The van der Waals surface area contributed by atoms with Crippen LogP contribution >= 0.6 is 15.9 Å². The summed E-state index contributed by atoms with van der Waals surface area (Å²) < 4.78 is 26.7. The zero-order valence-electron chi connectivity index (χ0n) is 6.73. The first-order chi connectivity index (χ1) is 6.06. The summed E-state index contributed by atoms with van der Waals surface area (Å²) in [6.45, 7) is 3.37. The van der Waals surface area contributed by atoms with Crippen LogP contribution in [0.25, 0.3) is 0 Å². The minimum atomic E-state index is -0.812. The number of hydrogen-bond acceptors (Lipinski definition) is 1. The largest absolute Gasteiger partial charge is 0.321 e. The van der Waals surface area contributed by atoms with Gasteiger partial charge in [-0.3, -0.25) is 0 Å². The molecule has 4 heteroatoms. The van der Waals surface area contributed by atoms with Gasteiger partial charge in [-0.05, 0) is 12.1 Å². The van der Waals surface area contributed by atoms with E-state index in [4.69, 9.17) is 5.73 Å². The quantitative estimate of drug-likeness (QED) is 0.800. The Morgan fingerprint density at radius 2 is 1.85 bits per heavy atom. The standard InChI is InChI=1S/C9H8BrF2N/c1-2-8(13)9-6(11)3-5(10)4-7(9)12/h2-4,8H,1,13H2/t8-/m0/s1. The van der Waals surface area contributed by atoms with Gasteiger partial charge < -0.3 is 5.73 Å². The fourth-order valence-electron chi connectivity index (χ4n) is 0.990.